The molecule has 1 saturated heterocycles. The van der Waals surface area contributed by atoms with Crippen LogP contribution in [0, 0.1) is 0 Å². The van der Waals surface area contributed by atoms with Gasteiger partial charge in [0, 0.05) is 50.9 Å². The maximum absolute atomic E-state index is 6.67. The average Bonchev–Trinajstić information content (AvgIpc) is 2.92. The first-order valence-electron chi connectivity index (χ1n) is 9.29. The molecule has 0 spiro atoms. The Morgan fingerprint density at radius 3 is 2.27 bits per heavy atom. The van der Waals surface area contributed by atoms with E-state index in [2.05, 4.69) is 42.7 Å². The molecular weight excluding hydrogens is 346 g/mol. The molecule has 0 amide bonds. The molecule has 1 aromatic heterocycles. The van der Waals surface area contributed by atoms with Crippen LogP contribution in [0.15, 0.2) is 30.3 Å². The highest BCUT2D eigenvalue weighted by molar-refractivity contribution is 6.30. The van der Waals surface area contributed by atoms with Gasteiger partial charge in [-0.05, 0) is 20.8 Å². The predicted octanol–water partition coefficient (Wildman–Crippen LogP) is 3.16. The minimum absolute atomic E-state index is 0.0493. The SMILES string of the molecule is Cn1c(-c2ccccc2)nc(C(CN)N2CCN(C(C)(C)C)CC2)c1Cl. The predicted molar refractivity (Wildman–Crippen MR) is 108 cm³/mol. The highest BCUT2D eigenvalue weighted by atomic mass is 35.5. The van der Waals surface area contributed by atoms with Crippen molar-refractivity contribution in [1.82, 2.24) is 19.4 Å². The molecule has 2 N–H and O–H groups in total. The third-order valence-electron chi connectivity index (χ3n) is 5.32. The fourth-order valence-corrected chi connectivity index (χ4v) is 3.94. The Kier molecular flexibility index (Phi) is 5.72. The van der Waals surface area contributed by atoms with Gasteiger partial charge in [0.2, 0.25) is 0 Å². The molecule has 1 atom stereocenters. The Labute approximate surface area is 161 Å². The van der Waals surface area contributed by atoms with Gasteiger partial charge in [-0.3, -0.25) is 9.80 Å². The van der Waals surface area contributed by atoms with Crippen molar-refractivity contribution in [2.45, 2.75) is 32.4 Å². The zero-order chi connectivity index (χ0) is 18.9. The first-order valence-corrected chi connectivity index (χ1v) is 9.67. The number of hydrogen-bond donors (Lipinski definition) is 1. The molecule has 0 saturated carbocycles. The van der Waals surface area contributed by atoms with Crippen LogP contribution in [0.25, 0.3) is 11.4 Å². The fraction of sp³-hybridized carbons (Fsp3) is 0.550. The summed E-state index contributed by atoms with van der Waals surface area (Å²) in [6, 6.07) is 10.2. The molecule has 3 rings (SSSR count). The summed E-state index contributed by atoms with van der Waals surface area (Å²) in [7, 11) is 1.96. The van der Waals surface area contributed by atoms with Gasteiger partial charge in [0.15, 0.2) is 0 Å². The lowest BCUT2D eigenvalue weighted by atomic mass is 10.0. The van der Waals surface area contributed by atoms with E-state index >= 15 is 0 Å². The maximum Gasteiger partial charge on any atom is 0.141 e. The smallest absolute Gasteiger partial charge is 0.141 e. The summed E-state index contributed by atoms with van der Waals surface area (Å²) in [6.45, 7) is 11.4. The number of piperazine rings is 1. The third-order valence-corrected chi connectivity index (χ3v) is 5.77. The molecule has 0 aliphatic carbocycles. The Balaban J connectivity index is 1.83. The van der Waals surface area contributed by atoms with E-state index in [1.807, 2.05) is 29.8 Å². The van der Waals surface area contributed by atoms with Gasteiger partial charge in [-0.15, -0.1) is 0 Å². The van der Waals surface area contributed by atoms with Crippen LogP contribution < -0.4 is 5.73 Å². The van der Waals surface area contributed by atoms with Gasteiger partial charge in [0.25, 0.3) is 0 Å². The second kappa shape index (κ2) is 7.69. The summed E-state index contributed by atoms with van der Waals surface area (Å²) in [5, 5.41) is 0.678. The summed E-state index contributed by atoms with van der Waals surface area (Å²) in [5.41, 5.74) is 8.32. The van der Waals surface area contributed by atoms with E-state index in [0.717, 1.165) is 43.3 Å². The van der Waals surface area contributed by atoms with E-state index in [1.165, 1.54) is 0 Å². The van der Waals surface area contributed by atoms with E-state index in [1.54, 1.807) is 0 Å². The van der Waals surface area contributed by atoms with Crippen molar-refractivity contribution in [2.24, 2.45) is 12.8 Å². The van der Waals surface area contributed by atoms with E-state index in [-0.39, 0.29) is 11.6 Å². The Hall–Kier alpha value is -1.40. The Bertz CT molecular complexity index is 727. The highest BCUT2D eigenvalue weighted by Gasteiger charge is 2.32. The molecule has 26 heavy (non-hydrogen) atoms. The first kappa shape index (κ1) is 19.4. The van der Waals surface area contributed by atoms with Crippen LogP contribution in [-0.4, -0.2) is 57.6 Å². The van der Waals surface area contributed by atoms with Gasteiger partial charge in [0.1, 0.15) is 11.0 Å². The van der Waals surface area contributed by atoms with Gasteiger partial charge in [-0.1, -0.05) is 41.9 Å². The van der Waals surface area contributed by atoms with Crippen molar-refractivity contribution < 1.29 is 0 Å². The number of rotatable bonds is 4. The molecule has 1 fully saturated rings. The van der Waals surface area contributed by atoms with Gasteiger partial charge < -0.3 is 10.3 Å². The molecule has 0 radical (unpaired) electrons. The number of aromatic nitrogens is 2. The second-order valence-electron chi connectivity index (χ2n) is 7.98. The summed E-state index contributed by atoms with van der Waals surface area (Å²) >= 11 is 6.67. The number of nitrogens with two attached hydrogens (primary N) is 1. The van der Waals surface area contributed by atoms with Crippen molar-refractivity contribution in [1.29, 1.82) is 0 Å². The van der Waals surface area contributed by atoms with Gasteiger partial charge in [0.05, 0.1) is 11.7 Å². The van der Waals surface area contributed by atoms with Gasteiger partial charge in [-0.25, -0.2) is 4.98 Å². The first-order chi connectivity index (χ1) is 12.3. The molecule has 5 nitrogen and oxygen atoms in total. The van der Waals surface area contributed by atoms with E-state index < -0.39 is 0 Å². The number of halogens is 1. The van der Waals surface area contributed by atoms with Crippen molar-refractivity contribution in [2.75, 3.05) is 32.7 Å². The van der Waals surface area contributed by atoms with Gasteiger partial charge in [-0.2, -0.15) is 0 Å². The molecule has 1 aliphatic rings. The van der Waals surface area contributed by atoms with Crippen LogP contribution >= 0.6 is 11.6 Å². The Morgan fingerprint density at radius 1 is 1.12 bits per heavy atom. The summed E-state index contributed by atoms with van der Waals surface area (Å²) in [4.78, 5) is 9.83. The molecule has 2 aromatic rings. The van der Waals surface area contributed by atoms with Crippen LogP contribution in [-0.2, 0) is 7.05 Å². The lowest BCUT2D eigenvalue weighted by molar-refractivity contribution is 0.0426. The molecule has 142 valence electrons. The summed E-state index contributed by atoms with van der Waals surface area (Å²) < 4.78 is 1.96. The van der Waals surface area contributed by atoms with Crippen molar-refractivity contribution in [3.63, 3.8) is 0 Å². The van der Waals surface area contributed by atoms with E-state index in [4.69, 9.17) is 22.3 Å². The minimum Gasteiger partial charge on any atom is -0.329 e. The van der Waals surface area contributed by atoms with Crippen LogP contribution in [0.3, 0.4) is 0 Å². The summed E-state index contributed by atoms with van der Waals surface area (Å²) in [6.07, 6.45) is 0. The normalized spacial score (nSPS) is 18.2. The summed E-state index contributed by atoms with van der Waals surface area (Å²) in [5.74, 6) is 0.886. The highest BCUT2D eigenvalue weighted by Crippen LogP contribution is 2.32. The van der Waals surface area contributed by atoms with Crippen LogP contribution in [0.2, 0.25) is 5.15 Å². The van der Waals surface area contributed by atoms with E-state index in [0.29, 0.717) is 11.7 Å². The van der Waals surface area contributed by atoms with Crippen LogP contribution in [0.5, 0.6) is 0 Å². The molecule has 2 heterocycles. The Morgan fingerprint density at radius 2 is 1.73 bits per heavy atom. The molecule has 1 aliphatic heterocycles. The topological polar surface area (TPSA) is 50.3 Å². The zero-order valence-corrected chi connectivity index (χ0v) is 17.0. The zero-order valence-electron chi connectivity index (χ0n) is 16.2. The number of benzene rings is 1. The lowest BCUT2D eigenvalue weighted by Crippen LogP contribution is -2.54. The van der Waals surface area contributed by atoms with Crippen molar-refractivity contribution in [3.05, 3.63) is 41.2 Å². The largest absolute Gasteiger partial charge is 0.329 e. The molecule has 6 heteroatoms. The van der Waals surface area contributed by atoms with Crippen LogP contribution in [0.1, 0.15) is 32.5 Å². The minimum atomic E-state index is 0.0493. The number of imidazole rings is 1. The van der Waals surface area contributed by atoms with Crippen LogP contribution in [0.4, 0.5) is 0 Å². The average molecular weight is 376 g/mol. The molecule has 1 aromatic carbocycles. The van der Waals surface area contributed by atoms with E-state index in [9.17, 15) is 0 Å². The maximum atomic E-state index is 6.67. The number of nitrogens with zero attached hydrogens (tertiary/aromatic N) is 4. The monoisotopic (exact) mass is 375 g/mol. The molecular formula is C20H30ClN5. The van der Waals surface area contributed by atoms with Crippen molar-refractivity contribution >= 4 is 11.6 Å². The van der Waals surface area contributed by atoms with Gasteiger partial charge >= 0.3 is 0 Å². The molecule has 1 unspecified atom stereocenters. The molecule has 0 bridgehead atoms. The quantitative estimate of drug-likeness (QED) is 0.891. The lowest BCUT2D eigenvalue weighted by Gasteiger charge is -2.44. The third kappa shape index (κ3) is 3.81. The fourth-order valence-electron chi connectivity index (χ4n) is 3.70. The van der Waals surface area contributed by atoms with Crippen molar-refractivity contribution in [3.8, 4) is 11.4 Å². The second-order valence-corrected chi connectivity index (χ2v) is 8.34. The number of hydrogen-bond acceptors (Lipinski definition) is 4. The standard InChI is InChI=1S/C20H30ClN5/c1-20(2,3)26-12-10-25(11-13-26)16(14-22)17-18(21)24(4)19(23-17)15-8-6-5-7-9-15/h5-9,16H,10-14,22H2,1-4H3.